The molecule has 3 aromatic carbocycles. The van der Waals surface area contributed by atoms with Crippen LogP contribution in [-0.4, -0.2) is 33.6 Å². The number of urea groups is 1. The number of hydrogen-bond acceptors (Lipinski definition) is 7. The fourth-order valence-corrected chi connectivity index (χ4v) is 4.53. The van der Waals surface area contributed by atoms with E-state index in [0.29, 0.717) is 28.5 Å². The summed E-state index contributed by atoms with van der Waals surface area (Å²) in [6.07, 6.45) is 1.52. The molecule has 0 bridgehead atoms. The molecule has 4 rings (SSSR count). The molecule has 9 nitrogen and oxygen atoms in total. The third kappa shape index (κ3) is 6.42. The molecule has 4 aromatic rings. The third-order valence-corrected chi connectivity index (χ3v) is 6.69. The Hall–Kier alpha value is -4.44. The Morgan fingerprint density at radius 2 is 1.54 bits per heavy atom. The molecule has 0 aliphatic rings. The minimum Gasteiger partial charge on any atom is -0.497 e. The molecule has 37 heavy (non-hydrogen) atoms. The van der Waals surface area contributed by atoms with Crippen LogP contribution in [0.4, 0.5) is 10.5 Å². The van der Waals surface area contributed by atoms with Crippen molar-refractivity contribution in [3.63, 3.8) is 0 Å². The number of hydrogen-bond donors (Lipinski definition) is 1. The summed E-state index contributed by atoms with van der Waals surface area (Å²) in [6, 6.07) is 22.6. The van der Waals surface area contributed by atoms with E-state index in [0.717, 1.165) is 0 Å². The van der Waals surface area contributed by atoms with Gasteiger partial charge in [-0.05, 0) is 54.6 Å². The van der Waals surface area contributed by atoms with Crippen LogP contribution >= 0.6 is 0 Å². The lowest BCUT2D eigenvalue weighted by atomic mass is 10.2. The summed E-state index contributed by atoms with van der Waals surface area (Å²) in [5.41, 5.74) is 0.979. The zero-order valence-electron chi connectivity index (χ0n) is 20.3. The largest absolute Gasteiger partial charge is 0.497 e. The van der Waals surface area contributed by atoms with E-state index in [1.165, 1.54) is 49.6 Å². The SMILES string of the molecule is COc1ccc(S(=O)(=O)Oc2ccccc2CN(Cc2ccco2)C(=O)Nc2ccccc2OC)cc1. The predicted octanol–water partition coefficient (Wildman–Crippen LogP) is 5.30. The van der Waals surface area contributed by atoms with Crippen molar-refractivity contribution in [3.8, 4) is 17.2 Å². The summed E-state index contributed by atoms with van der Waals surface area (Å²) < 4.78 is 47.3. The Balaban J connectivity index is 1.59. The van der Waals surface area contributed by atoms with Crippen molar-refractivity contribution < 1.29 is 31.3 Å². The molecule has 1 N–H and O–H groups in total. The molecule has 0 aliphatic heterocycles. The second-order valence-electron chi connectivity index (χ2n) is 7.89. The van der Waals surface area contributed by atoms with E-state index in [9.17, 15) is 13.2 Å². The van der Waals surface area contributed by atoms with Gasteiger partial charge in [-0.15, -0.1) is 0 Å². The van der Waals surface area contributed by atoms with Gasteiger partial charge in [-0.2, -0.15) is 8.42 Å². The molecule has 0 spiro atoms. The van der Waals surface area contributed by atoms with Crippen LogP contribution in [0.15, 0.2) is 101 Å². The third-order valence-electron chi connectivity index (χ3n) is 5.44. The van der Waals surface area contributed by atoms with Gasteiger partial charge in [0, 0.05) is 5.56 Å². The number of rotatable bonds is 10. The number of nitrogens with one attached hydrogen (secondary N) is 1. The van der Waals surface area contributed by atoms with Crippen molar-refractivity contribution in [2.75, 3.05) is 19.5 Å². The zero-order chi connectivity index (χ0) is 26.3. The molecule has 1 aromatic heterocycles. The van der Waals surface area contributed by atoms with E-state index in [4.69, 9.17) is 18.1 Å². The highest BCUT2D eigenvalue weighted by molar-refractivity contribution is 7.87. The first-order valence-corrected chi connectivity index (χ1v) is 12.7. The average molecular weight is 523 g/mol. The molecular weight excluding hydrogens is 496 g/mol. The number of anilines is 1. The first-order chi connectivity index (χ1) is 17.9. The monoisotopic (exact) mass is 522 g/mol. The topological polar surface area (TPSA) is 107 Å². The lowest BCUT2D eigenvalue weighted by Gasteiger charge is -2.24. The smallest absolute Gasteiger partial charge is 0.339 e. The van der Waals surface area contributed by atoms with Crippen LogP contribution in [0.3, 0.4) is 0 Å². The van der Waals surface area contributed by atoms with Crippen molar-refractivity contribution in [2.24, 2.45) is 0 Å². The Morgan fingerprint density at radius 3 is 2.22 bits per heavy atom. The van der Waals surface area contributed by atoms with E-state index >= 15 is 0 Å². The number of methoxy groups -OCH3 is 2. The standard InChI is InChI=1S/C27H26N2O7S/c1-33-21-13-15-23(16-14-21)37(31,32)36-25-11-5-3-8-20(25)18-29(19-22-9-7-17-35-22)27(30)28-24-10-4-6-12-26(24)34-2/h3-17H,18-19H2,1-2H3,(H,28,30). The Morgan fingerprint density at radius 1 is 0.838 bits per heavy atom. The van der Waals surface area contributed by atoms with Crippen molar-refractivity contribution in [3.05, 3.63) is 103 Å². The molecule has 1 heterocycles. The van der Waals surface area contributed by atoms with Crippen LogP contribution < -0.4 is 19.0 Å². The molecule has 0 saturated carbocycles. The lowest BCUT2D eigenvalue weighted by molar-refractivity contribution is 0.200. The molecule has 10 heteroatoms. The second-order valence-corrected chi connectivity index (χ2v) is 9.43. The summed E-state index contributed by atoms with van der Waals surface area (Å²) >= 11 is 0. The van der Waals surface area contributed by atoms with Gasteiger partial charge in [0.15, 0.2) is 0 Å². The number of nitrogens with zero attached hydrogens (tertiary/aromatic N) is 1. The summed E-state index contributed by atoms with van der Waals surface area (Å²) in [4.78, 5) is 14.8. The van der Waals surface area contributed by atoms with Gasteiger partial charge >= 0.3 is 16.1 Å². The molecule has 0 atom stereocenters. The molecule has 0 saturated heterocycles. The number of furan rings is 1. The predicted molar refractivity (Wildman–Crippen MR) is 137 cm³/mol. The zero-order valence-corrected chi connectivity index (χ0v) is 21.1. The number of amides is 2. The van der Waals surface area contributed by atoms with Crippen molar-refractivity contribution in [1.82, 2.24) is 4.90 Å². The van der Waals surface area contributed by atoms with Gasteiger partial charge in [-0.1, -0.05) is 30.3 Å². The van der Waals surface area contributed by atoms with Crippen LogP contribution in [0.2, 0.25) is 0 Å². The summed E-state index contributed by atoms with van der Waals surface area (Å²) in [5, 5.41) is 2.85. The maximum Gasteiger partial charge on any atom is 0.339 e. The van der Waals surface area contributed by atoms with Crippen LogP contribution in [0.5, 0.6) is 17.2 Å². The van der Waals surface area contributed by atoms with E-state index < -0.39 is 16.1 Å². The summed E-state index contributed by atoms with van der Waals surface area (Å²) in [5.74, 6) is 1.68. The van der Waals surface area contributed by atoms with E-state index in [2.05, 4.69) is 5.32 Å². The molecule has 0 radical (unpaired) electrons. The minimum atomic E-state index is -4.13. The summed E-state index contributed by atoms with van der Waals surface area (Å²) in [6.45, 7) is 0.170. The highest BCUT2D eigenvalue weighted by Crippen LogP contribution is 2.27. The molecule has 2 amide bonds. The number of ether oxygens (including phenoxy) is 2. The van der Waals surface area contributed by atoms with Gasteiger partial charge in [0.2, 0.25) is 0 Å². The first kappa shape index (κ1) is 25.6. The molecule has 0 fully saturated rings. The van der Waals surface area contributed by atoms with Gasteiger partial charge in [0.1, 0.15) is 27.9 Å². The minimum absolute atomic E-state index is 0.0236. The van der Waals surface area contributed by atoms with Gasteiger partial charge in [-0.3, -0.25) is 0 Å². The molecule has 0 aliphatic carbocycles. The second kappa shape index (κ2) is 11.5. The highest BCUT2D eigenvalue weighted by atomic mass is 32.2. The molecular formula is C27H26N2O7S. The van der Waals surface area contributed by atoms with Gasteiger partial charge in [-0.25, -0.2) is 4.79 Å². The van der Waals surface area contributed by atoms with Crippen molar-refractivity contribution in [1.29, 1.82) is 0 Å². The van der Waals surface area contributed by atoms with Crippen molar-refractivity contribution in [2.45, 2.75) is 18.0 Å². The van der Waals surface area contributed by atoms with Gasteiger partial charge < -0.3 is 28.3 Å². The highest BCUT2D eigenvalue weighted by Gasteiger charge is 2.22. The Labute approximate surface area is 215 Å². The number of para-hydroxylation sites is 3. The van der Waals surface area contributed by atoms with Gasteiger partial charge in [0.25, 0.3) is 0 Å². The number of benzene rings is 3. The van der Waals surface area contributed by atoms with E-state index in [-0.39, 0.29) is 23.7 Å². The maximum atomic E-state index is 13.3. The Kier molecular flexibility index (Phi) is 7.99. The average Bonchev–Trinajstić information content (AvgIpc) is 3.43. The van der Waals surface area contributed by atoms with E-state index in [1.54, 1.807) is 60.7 Å². The van der Waals surface area contributed by atoms with Crippen LogP contribution in [-0.2, 0) is 23.2 Å². The van der Waals surface area contributed by atoms with Crippen LogP contribution in [0.1, 0.15) is 11.3 Å². The van der Waals surface area contributed by atoms with Crippen LogP contribution in [0.25, 0.3) is 0 Å². The fraction of sp³-hybridized carbons (Fsp3) is 0.148. The quantitative estimate of drug-likeness (QED) is 0.282. The van der Waals surface area contributed by atoms with Gasteiger partial charge in [0.05, 0.1) is 39.3 Å². The van der Waals surface area contributed by atoms with E-state index in [1.807, 2.05) is 0 Å². The lowest BCUT2D eigenvalue weighted by Crippen LogP contribution is -2.34. The number of carbonyl (C=O) groups is 1. The van der Waals surface area contributed by atoms with Crippen molar-refractivity contribution >= 4 is 21.8 Å². The molecule has 192 valence electrons. The number of carbonyl (C=O) groups excluding carboxylic acids is 1. The Bertz CT molecular complexity index is 1440. The summed E-state index contributed by atoms with van der Waals surface area (Å²) in [7, 11) is -1.12. The molecule has 0 unspecified atom stereocenters. The van der Waals surface area contributed by atoms with Crippen LogP contribution in [0, 0.1) is 0 Å². The first-order valence-electron chi connectivity index (χ1n) is 11.3. The fourth-order valence-electron chi connectivity index (χ4n) is 3.56. The normalized spacial score (nSPS) is 11.0. The maximum absolute atomic E-state index is 13.3.